The van der Waals surface area contributed by atoms with Crippen molar-refractivity contribution in [2.75, 3.05) is 6.54 Å². The lowest BCUT2D eigenvalue weighted by molar-refractivity contribution is -0.137. The first kappa shape index (κ1) is 15.7. The fraction of sp³-hybridized carbons (Fsp3) is 0.462. The summed E-state index contributed by atoms with van der Waals surface area (Å²) in [7, 11) is -3.58. The van der Waals surface area contributed by atoms with Crippen molar-refractivity contribution in [3.63, 3.8) is 0 Å². The van der Waals surface area contributed by atoms with Gasteiger partial charge in [0.2, 0.25) is 10.0 Å². The van der Waals surface area contributed by atoms with E-state index in [1.165, 1.54) is 0 Å². The van der Waals surface area contributed by atoms with Gasteiger partial charge in [-0.3, -0.25) is 4.79 Å². The summed E-state index contributed by atoms with van der Waals surface area (Å²) in [4.78, 5) is 10.6. The molecule has 1 rings (SSSR count). The van der Waals surface area contributed by atoms with Gasteiger partial charge in [-0.05, 0) is 38.3 Å². The maximum atomic E-state index is 12.2. The summed E-state index contributed by atoms with van der Waals surface area (Å²) in [5.74, 6) is -0.929. The van der Waals surface area contributed by atoms with Gasteiger partial charge in [0.1, 0.15) is 0 Å². The summed E-state index contributed by atoms with van der Waals surface area (Å²) >= 11 is 0. The first-order valence-corrected chi connectivity index (χ1v) is 7.51. The van der Waals surface area contributed by atoms with Gasteiger partial charge in [-0.1, -0.05) is 17.7 Å². The Morgan fingerprint density at radius 2 is 1.74 bits per heavy atom. The lowest BCUT2D eigenvalue weighted by atomic mass is 10.1. The average Bonchev–Trinajstić information content (AvgIpc) is 2.22. The number of carbonyl (C=O) groups is 1. The average molecular weight is 285 g/mol. The van der Waals surface area contributed by atoms with Crippen LogP contribution >= 0.6 is 0 Å². The Morgan fingerprint density at radius 3 is 2.21 bits per heavy atom. The molecule has 0 saturated carbocycles. The van der Waals surface area contributed by atoms with Crippen molar-refractivity contribution in [2.45, 2.75) is 38.5 Å². The second kappa shape index (κ2) is 6.16. The molecule has 5 nitrogen and oxygen atoms in total. The molecule has 0 radical (unpaired) electrons. The Kier molecular flexibility index (Phi) is 5.08. The third-order valence-corrected chi connectivity index (χ3v) is 4.50. The molecular formula is C13H19NO4S. The maximum absolute atomic E-state index is 12.2. The highest BCUT2D eigenvalue weighted by Gasteiger charge is 2.19. The van der Waals surface area contributed by atoms with Crippen LogP contribution in [-0.4, -0.2) is 26.0 Å². The largest absolute Gasteiger partial charge is 0.481 e. The number of rotatable bonds is 6. The van der Waals surface area contributed by atoms with Crippen molar-refractivity contribution in [1.29, 1.82) is 0 Å². The molecule has 0 spiro atoms. The SMILES string of the molecule is Cc1cc(C)c(S(=O)(=O)NCCCC(=O)O)c(C)c1. The topological polar surface area (TPSA) is 83.5 Å². The fourth-order valence-corrected chi connectivity index (χ4v) is 3.63. The molecule has 0 aromatic heterocycles. The van der Waals surface area contributed by atoms with Crippen LogP contribution in [0, 0.1) is 20.8 Å². The molecule has 0 saturated heterocycles. The third-order valence-electron chi connectivity index (χ3n) is 2.73. The number of nitrogens with one attached hydrogen (secondary N) is 1. The van der Waals surface area contributed by atoms with Crippen molar-refractivity contribution in [3.8, 4) is 0 Å². The highest BCUT2D eigenvalue weighted by molar-refractivity contribution is 7.89. The number of carboxylic acid groups (broad SMARTS) is 1. The molecule has 0 fully saturated rings. The molecule has 0 aliphatic rings. The van der Waals surface area contributed by atoms with E-state index in [1.807, 2.05) is 19.1 Å². The number of sulfonamides is 1. The van der Waals surface area contributed by atoms with Crippen molar-refractivity contribution in [3.05, 3.63) is 28.8 Å². The molecule has 0 aliphatic carbocycles. The van der Waals surface area contributed by atoms with E-state index in [2.05, 4.69) is 4.72 Å². The second-order valence-electron chi connectivity index (χ2n) is 4.62. The van der Waals surface area contributed by atoms with Crippen molar-refractivity contribution in [2.24, 2.45) is 0 Å². The monoisotopic (exact) mass is 285 g/mol. The number of benzene rings is 1. The molecular weight excluding hydrogens is 266 g/mol. The highest BCUT2D eigenvalue weighted by atomic mass is 32.2. The van der Waals surface area contributed by atoms with E-state index in [0.717, 1.165) is 5.56 Å². The summed E-state index contributed by atoms with van der Waals surface area (Å²) < 4.78 is 26.8. The zero-order chi connectivity index (χ0) is 14.6. The van der Waals surface area contributed by atoms with Crippen LogP contribution in [0.25, 0.3) is 0 Å². The summed E-state index contributed by atoms with van der Waals surface area (Å²) in [6.07, 6.45) is 0.229. The van der Waals surface area contributed by atoms with E-state index in [-0.39, 0.29) is 24.3 Å². The smallest absolute Gasteiger partial charge is 0.303 e. The fourth-order valence-electron chi connectivity index (χ4n) is 2.11. The van der Waals surface area contributed by atoms with Gasteiger partial charge in [-0.15, -0.1) is 0 Å². The lowest BCUT2D eigenvalue weighted by Crippen LogP contribution is -2.26. The Bertz CT molecular complexity index is 555. The van der Waals surface area contributed by atoms with Gasteiger partial charge in [-0.25, -0.2) is 13.1 Å². The highest BCUT2D eigenvalue weighted by Crippen LogP contribution is 2.21. The van der Waals surface area contributed by atoms with E-state index in [4.69, 9.17) is 5.11 Å². The first-order valence-electron chi connectivity index (χ1n) is 6.03. The molecule has 0 bridgehead atoms. The normalized spacial score (nSPS) is 11.5. The molecule has 0 unspecified atom stereocenters. The number of aryl methyl sites for hydroxylation is 3. The van der Waals surface area contributed by atoms with Crippen LogP contribution in [0.1, 0.15) is 29.5 Å². The van der Waals surface area contributed by atoms with E-state index < -0.39 is 16.0 Å². The molecule has 0 aliphatic heterocycles. The summed E-state index contributed by atoms with van der Waals surface area (Å²) in [6.45, 7) is 5.55. The minimum atomic E-state index is -3.58. The lowest BCUT2D eigenvalue weighted by Gasteiger charge is -2.12. The molecule has 1 aromatic carbocycles. The Morgan fingerprint density at radius 1 is 1.21 bits per heavy atom. The second-order valence-corrected chi connectivity index (χ2v) is 6.33. The summed E-state index contributed by atoms with van der Waals surface area (Å²) in [5.41, 5.74) is 2.41. The zero-order valence-corrected chi connectivity index (χ0v) is 12.2. The van der Waals surface area contributed by atoms with Gasteiger partial charge in [0.05, 0.1) is 4.90 Å². The number of aliphatic carboxylic acids is 1. The molecule has 0 atom stereocenters. The van der Waals surface area contributed by atoms with Crippen LogP contribution in [0.15, 0.2) is 17.0 Å². The minimum absolute atomic E-state index is 0.0472. The van der Waals surface area contributed by atoms with Crippen LogP contribution in [-0.2, 0) is 14.8 Å². The molecule has 6 heteroatoms. The first-order chi connectivity index (χ1) is 8.74. The van der Waals surface area contributed by atoms with Crippen LogP contribution in [0.3, 0.4) is 0 Å². The zero-order valence-electron chi connectivity index (χ0n) is 11.4. The molecule has 0 heterocycles. The van der Waals surface area contributed by atoms with Crippen molar-refractivity contribution in [1.82, 2.24) is 4.72 Å². The molecule has 1 aromatic rings. The van der Waals surface area contributed by atoms with Crippen LogP contribution in [0.4, 0.5) is 0 Å². The Hall–Kier alpha value is -1.40. The van der Waals surface area contributed by atoms with Crippen molar-refractivity contribution < 1.29 is 18.3 Å². The third kappa shape index (κ3) is 4.33. The molecule has 0 amide bonds. The van der Waals surface area contributed by atoms with Crippen LogP contribution in [0.2, 0.25) is 0 Å². The number of carboxylic acids is 1. The molecule has 19 heavy (non-hydrogen) atoms. The predicted octanol–water partition coefficient (Wildman–Crippen LogP) is 1.75. The Labute approximate surface area is 113 Å². The van der Waals surface area contributed by atoms with E-state index in [9.17, 15) is 13.2 Å². The summed E-state index contributed by atoms with van der Waals surface area (Å²) in [5, 5.41) is 8.50. The Balaban J connectivity index is 2.86. The van der Waals surface area contributed by atoms with Crippen LogP contribution in [0.5, 0.6) is 0 Å². The maximum Gasteiger partial charge on any atom is 0.303 e. The van der Waals surface area contributed by atoms with Gasteiger partial charge in [0.15, 0.2) is 0 Å². The van der Waals surface area contributed by atoms with Crippen LogP contribution < -0.4 is 4.72 Å². The van der Waals surface area contributed by atoms with Crippen molar-refractivity contribution >= 4 is 16.0 Å². The van der Waals surface area contributed by atoms with Gasteiger partial charge in [-0.2, -0.15) is 0 Å². The van der Waals surface area contributed by atoms with Gasteiger partial charge < -0.3 is 5.11 Å². The predicted molar refractivity (Wildman–Crippen MR) is 72.7 cm³/mol. The standard InChI is InChI=1S/C13H19NO4S/c1-9-7-10(2)13(11(3)8-9)19(17,18)14-6-4-5-12(15)16/h7-8,14H,4-6H2,1-3H3,(H,15,16). The van der Waals surface area contributed by atoms with E-state index in [0.29, 0.717) is 11.1 Å². The number of hydrogen-bond acceptors (Lipinski definition) is 3. The van der Waals surface area contributed by atoms with Gasteiger partial charge in [0.25, 0.3) is 0 Å². The quantitative estimate of drug-likeness (QED) is 0.780. The van der Waals surface area contributed by atoms with E-state index in [1.54, 1.807) is 13.8 Å². The molecule has 106 valence electrons. The summed E-state index contributed by atoms with van der Waals surface area (Å²) in [6, 6.07) is 3.64. The minimum Gasteiger partial charge on any atom is -0.481 e. The van der Waals surface area contributed by atoms with Gasteiger partial charge in [0, 0.05) is 13.0 Å². The number of hydrogen-bond donors (Lipinski definition) is 2. The van der Waals surface area contributed by atoms with E-state index >= 15 is 0 Å². The molecule has 2 N–H and O–H groups in total. The van der Waals surface area contributed by atoms with Gasteiger partial charge >= 0.3 is 5.97 Å².